The van der Waals surface area contributed by atoms with Crippen LogP contribution in [0.5, 0.6) is 0 Å². The molecule has 108 valence electrons. The van der Waals surface area contributed by atoms with Gasteiger partial charge in [-0.2, -0.15) is 0 Å². The third kappa shape index (κ3) is 3.20. The molecule has 2 aromatic carbocycles. The zero-order chi connectivity index (χ0) is 14.7. The molecule has 0 saturated carbocycles. The van der Waals surface area contributed by atoms with Crippen LogP contribution in [0.3, 0.4) is 0 Å². The van der Waals surface area contributed by atoms with Gasteiger partial charge in [0, 0.05) is 9.17 Å². The van der Waals surface area contributed by atoms with Gasteiger partial charge in [-0.3, -0.25) is 0 Å². The fourth-order valence-electron chi connectivity index (χ4n) is 2.63. The van der Waals surface area contributed by atoms with Crippen LogP contribution in [0.2, 0.25) is 0 Å². The highest BCUT2D eigenvalue weighted by molar-refractivity contribution is 9.10. The number of nitrogens with one attached hydrogen (secondary N) is 1. The van der Waals surface area contributed by atoms with E-state index in [-0.39, 0.29) is 6.04 Å². The van der Waals surface area contributed by atoms with Gasteiger partial charge in [0.15, 0.2) is 0 Å². The molecule has 1 aromatic heterocycles. The second kappa shape index (κ2) is 6.73. The molecule has 0 saturated heterocycles. The lowest BCUT2D eigenvalue weighted by atomic mass is 9.97. The number of fused-ring (bicyclic) bond motifs is 1. The van der Waals surface area contributed by atoms with Gasteiger partial charge in [0.05, 0.1) is 6.04 Å². The average Bonchev–Trinajstić information content (AvgIpc) is 2.97. The molecule has 3 aromatic rings. The Morgan fingerprint density at radius 1 is 1.14 bits per heavy atom. The van der Waals surface area contributed by atoms with Gasteiger partial charge in [0.1, 0.15) is 0 Å². The summed E-state index contributed by atoms with van der Waals surface area (Å²) in [5, 5.41) is 7.20. The third-order valence-electron chi connectivity index (χ3n) is 3.60. The number of benzene rings is 2. The highest BCUT2D eigenvalue weighted by atomic mass is 79.9. The maximum absolute atomic E-state index is 3.70. The van der Waals surface area contributed by atoms with Crippen molar-refractivity contribution in [2.45, 2.75) is 19.4 Å². The van der Waals surface area contributed by atoms with E-state index in [2.05, 4.69) is 82.1 Å². The molecule has 0 bridgehead atoms. The molecule has 3 rings (SSSR count). The first kappa shape index (κ1) is 14.8. The Hall–Kier alpha value is -1.16. The molecular weight excluding hydrogens is 342 g/mol. The minimum absolute atomic E-state index is 0.241. The normalized spacial score (nSPS) is 12.7. The Morgan fingerprint density at radius 3 is 2.81 bits per heavy atom. The maximum atomic E-state index is 3.70. The molecule has 1 nitrogen and oxygen atoms in total. The monoisotopic (exact) mass is 359 g/mol. The number of thiophene rings is 1. The zero-order valence-corrected chi connectivity index (χ0v) is 14.4. The maximum Gasteiger partial charge on any atom is 0.0591 e. The van der Waals surface area contributed by atoms with Gasteiger partial charge in [-0.15, -0.1) is 11.3 Å². The standard InChI is InChI=1S/C18H18BrNS/c1-2-10-20-17(14-6-3-7-15(19)12-14)16-8-4-5-13-9-11-21-18(13)16/h3-9,11-12,17,20H,2,10H2,1H3. The Balaban J connectivity index is 2.08. The highest BCUT2D eigenvalue weighted by Gasteiger charge is 2.16. The van der Waals surface area contributed by atoms with E-state index in [9.17, 15) is 0 Å². The number of rotatable bonds is 5. The minimum Gasteiger partial charge on any atom is -0.306 e. The first-order valence-corrected chi connectivity index (χ1v) is 8.92. The number of halogens is 1. The van der Waals surface area contributed by atoms with Crippen molar-refractivity contribution in [3.8, 4) is 0 Å². The third-order valence-corrected chi connectivity index (χ3v) is 5.07. The molecule has 21 heavy (non-hydrogen) atoms. The van der Waals surface area contributed by atoms with Crippen LogP contribution >= 0.6 is 27.3 Å². The predicted molar refractivity (Wildman–Crippen MR) is 96.1 cm³/mol. The molecule has 0 spiro atoms. The molecule has 0 aliphatic rings. The largest absolute Gasteiger partial charge is 0.306 e. The Kier molecular flexibility index (Phi) is 4.73. The molecule has 1 N–H and O–H groups in total. The molecule has 0 aliphatic carbocycles. The van der Waals surface area contributed by atoms with Crippen molar-refractivity contribution in [3.05, 3.63) is 69.5 Å². The van der Waals surface area contributed by atoms with E-state index in [0.29, 0.717) is 0 Å². The Labute approximate surface area is 138 Å². The SMILES string of the molecule is CCCNC(c1cccc(Br)c1)c1cccc2ccsc12. The molecule has 0 aliphatic heterocycles. The van der Waals surface area contributed by atoms with Crippen LogP contribution in [0.25, 0.3) is 10.1 Å². The second-order valence-electron chi connectivity index (χ2n) is 5.13. The van der Waals surface area contributed by atoms with Gasteiger partial charge in [0.25, 0.3) is 0 Å². The van der Waals surface area contributed by atoms with Crippen LogP contribution in [0.15, 0.2) is 58.4 Å². The van der Waals surface area contributed by atoms with Crippen LogP contribution in [0.4, 0.5) is 0 Å². The quantitative estimate of drug-likeness (QED) is 0.611. The van der Waals surface area contributed by atoms with Crippen molar-refractivity contribution in [3.63, 3.8) is 0 Å². The van der Waals surface area contributed by atoms with Crippen molar-refractivity contribution in [2.24, 2.45) is 0 Å². The molecule has 1 heterocycles. The lowest BCUT2D eigenvalue weighted by Gasteiger charge is -2.20. The fraction of sp³-hybridized carbons (Fsp3) is 0.222. The van der Waals surface area contributed by atoms with Crippen LogP contribution in [0, 0.1) is 0 Å². The van der Waals surface area contributed by atoms with E-state index in [0.717, 1.165) is 17.4 Å². The molecule has 3 heteroatoms. The topological polar surface area (TPSA) is 12.0 Å². The molecular formula is C18H18BrNS. The Bertz CT molecular complexity index is 735. The van der Waals surface area contributed by atoms with E-state index >= 15 is 0 Å². The van der Waals surface area contributed by atoms with Crippen molar-refractivity contribution in [2.75, 3.05) is 6.54 Å². The lowest BCUT2D eigenvalue weighted by Crippen LogP contribution is -2.23. The van der Waals surface area contributed by atoms with Crippen molar-refractivity contribution >= 4 is 37.4 Å². The molecule has 1 atom stereocenters. The van der Waals surface area contributed by atoms with E-state index in [1.807, 2.05) is 11.3 Å². The molecule has 0 radical (unpaired) electrons. The number of hydrogen-bond acceptors (Lipinski definition) is 2. The van der Waals surface area contributed by atoms with Crippen LogP contribution < -0.4 is 5.32 Å². The summed E-state index contributed by atoms with van der Waals surface area (Å²) in [5.41, 5.74) is 2.67. The van der Waals surface area contributed by atoms with E-state index < -0.39 is 0 Å². The first-order valence-electron chi connectivity index (χ1n) is 7.24. The molecule has 0 amide bonds. The highest BCUT2D eigenvalue weighted by Crippen LogP contribution is 2.33. The van der Waals surface area contributed by atoms with E-state index in [1.165, 1.54) is 21.2 Å². The summed E-state index contributed by atoms with van der Waals surface area (Å²) in [6.45, 7) is 3.22. The van der Waals surface area contributed by atoms with Crippen molar-refractivity contribution in [1.29, 1.82) is 0 Å². The summed E-state index contributed by atoms with van der Waals surface area (Å²) < 4.78 is 2.51. The summed E-state index contributed by atoms with van der Waals surface area (Å²) in [7, 11) is 0. The van der Waals surface area contributed by atoms with Gasteiger partial charge in [-0.05, 0) is 53.1 Å². The second-order valence-corrected chi connectivity index (χ2v) is 6.96. The van der Waals surface area contributed by atoms with Crippen LogP contribution in [0.1, 0.15) is 30.5 Å². The summed E-state index contributed by atoms with van der Waals surface area (Å²) in [4.78, 5) is 0. The van der Waals surface area contributed by atoms with E-state index in [4.69, 9.17) is 0 Å². The minimum atomic E-state index is 0.241. The van der Waals surface area contributed by atoms with Crippen molar-refractivity contribution < 1.29 is 0 Å². The predicted octanol–water partition coefficient (Wildman–Crippen LogP) is 5.75. The fourth-order valence-corrected chi connectivity index (χ4v) is 3.99. The number of hydrogen-bond donors (Lipinski definition) is 1. The van der Waals surface area contributed by atoms with Gasteiger partial charge < -0.3 is 5.32 Å². The van der Waals surface area contributed by atoms with Crippen molar-refractivity contribution in [1.82, 2.24) is 5.32 Å². The summed E-state index contributed by atoms with van der Waals surface area (Å²) in [5.74, 6) is 0. The van der Waals surface area contributed by atoms with E-state index in [1.54, 1.807) is 0 Å². The average molecular weight is 360 g/mol. The van der Waals surface area contributed by atoms with Gasteiger partial charge in [0.2, 0.25) is 0 Å². The Morgan fingerprint density at radius 2 is 2.00 bits per heavy atom. The molecule has 1 unspecified atom stereocenters. The summed E-state index contributed by atoms with van der Waals surface area (Å²) >= 11 is 5.41. The molecule has 0 fully saturated rings. The zero-order valence-electron chi connectivity index (χ0n) is 12.0. The van der Waals surface area contributed by atoms with Gasteiger partial charge >= 0.3 is 0 Å². The van der Waals surface area contributed by atoms with Gasteiger partial charge in [-0.25, -0.2) is 0 Å². The van der Waals surface area contributed by atoms with Crippen LogP contribution in [-0.4, -0.2) is 6.54 Å². The summed E-state index contributed by atoms with van der Waals surface area (Å²) in [6.07, 6.45) is 1.13. The summed E-state index contributed by atoms with van der Waals surface area (Å²) in [6, 6.07) is 17.6. The smallest absolute Gasteiger partial charge is 0.0591 e. The van der Waals surface area contributed by atoms with Gasteiger partial charge in [-0.1, -0.05) is 53.2 Å². The lowest BCUT2D eigenvalue weighted by molar-refractivity contribution is 0.602. The van der Waals surface area contributed by atoms with Crippen LogP contribution in [-0.2, 0) is 0 Å². The first-order chi connectivity index (χ1) is 10.3.